The van der Waals surface area contributed by atoms with Crippen LogP contribution in [0.25, 0.3) is 0 Å². The van der Waals surface area contributed by atoms with Gasteiger partial charge in [-0.2, -0.15) is 0 Å². The molecule has 0 saturated carbocycles. The van der Waals surface area contributed by atoms with Gasteiger partial charge in [-0.1, -0.05) is 12.1 Å². The molecule has 4 aliphatic rings. The van der Waals surface area contributed by atoms with E-state index >= 15 is 0 Å². The first kappa shape index (κ1) is 18.8. The van der Waals surface area contributed by atoms with Crippen molar-refractivity contribution in [3.05, 3.63) is 53.6 Å². The molecule has 5 heterocycles. The fourth-order valence-corrected chi connectivity index (χ4v) is 5.09. The Kier molecular flexibility index (Phi) is 5.14. The molecule has 29 heavy (non-hydrogen) atoms. The van der Waals surface area contributed by atoms with Crippen LogP contribution in [-0.2, 0) is 0 Å². The number of aryl methyl sites for hydroxylation is 1. The average molecular weight is 393 g/mol. The normalized spacial score (nSPS) is 30.2. The number of likely N-dealkylation sites (N-methyl/N-ethyl adjacent to an activating group) is 1. The second kappa shape index (κ2) is 7.92. The second-order valence-electron chi connectivity index (χ2n) is 8.80. The SMILES string of the molecule is Cc1cccnc1[C@@H]1CCC[C@H](C2CN3C(N4CCN(C)CC4)=CC=CC3=N2)N1. The van der Waals surface area contributed by atoms with Gasteiger partial charge in [0.15, 0.2) is 0 Å². The maximum absolute atomic E-state index is 5.14. The molecular weight excluding hydrogens is 360 g/mol. The van der Waals surface area contributed by atoms with Gasteiger partial charge >= 0.3 is 0 Å². The molecule has 6 nitrogen and oxygen atoms in total. The Balaban J connectivity index is 1.29. The molecule has 0 radical (unpaired) electrons. The molecule has 0 bridgehead atoms. The summed E-state index contributed by atoms with van der Waals surface area (Å²) in [6, 6.07) is 5.25. The van der Waals surface area contributed by atoms with Gasteiger partial charge in [-0.3, -0.25) is 9.98 Å². The highest BCUT2D eigenvalue weighted by Gasteiger charge is 2.37. The van der Waals surface area contributed by atoms with Crippen LogP contribution in [0.1, 0.15) is 36.6 Å². The summed E-state index contributed by atoms with van der Waals surface area (Å²) in [6.45, 7) is 7.58. The van der Waals surface area contributed by atoms with Gasteiger partial charge in [0.05, 0.1) is 17.8 Å². The summed E-state index contributed by atoms with van der Waals surface area (Å²) in [5.74, 6) is 2.46. The number of hydrogen-bond acceptors (Lipinski definition) is 6. The zero-order valence-electron chi connectivity index (χ0n) is 17.6. The number of aliphatic imine (C=N–C) groups is 1. The van der Waals surface area contributed by atoms with Crippen LogP contribution in [0.15, 0.2) is 47.4 Å². The zero-order valence-corrected chi connectivity index (χ0v) is 17.6. The molecular formula is C23H32N6. The Bertz CT molecular complexity index is 836. The molecule has 3 atom stereocenters. The van der Waals surface area contributed by atoms with E-state index < -0.39 is 0 Å². The van der Waals surface area contributed by atoms with Gasteiger partial charge in [-0.25, -0.2) is 0 Å². The first-order valence-corrected chi connectivity index (χ1v) is 11.0. The number of piperazine rings is 1. The molecule has 2 saturated heterocycles. The van der Waals surface area contributed by atoms with E-state index in [1.165, 1.54) is 29.9 Å². The topological polar surface area (TPSA) is 47.0 Å². The molecule has 0 aromatic carbocycles. The smallest absolute Gasteiger partial charge is 0.129 e. The van der Waals surface area contributed by atoms with Gasteiger partial charge in [-0.15, -0.1) is 0 Å². The molecule has 1 unspecified atom stereocenters. The summed E-state index contributed by atoms with van der Waals surface area (Å²) < 4.78 is 0. The van der Waals surface area contributed by atoms with Crippen molar-refractivity contribution in [3.8, 4) is 0 Å². The number of piperidine rings is 1. The maximum atomic E-state index is 5.14. The number of allylic oxidation sites excluding steroid dienone is 2. The lowest BCUT2D eigenvalue weighted by atomic mass is 9.91. The van der Waals surface area contributed by atoms with E-state index in [0.29, 0.717) is 18.1 Å². The van der Waals surface area contributed by atoms with Crippen molar-refractivity contribution in [2.24, 2.45) is 4.99 Å². The minimum atomic E-state index is 0.301. The van der Waals surface area contributed by atoms with E-state index in [1.54, 1.807) is 0 Å². The summed E-state index contributed by atoms with van der Waals surface area (Å²) in [7, 11) is 2.21. The molecule has 1 aromatic rings. The highest BCUT2D eigenvalue weighted by atomic mass is 15.4. The third kappa shape index (κ3) is 3.71. The van der Waals surface area contributed by atoms with Gasteiger partial charge in [0, 0.05) is 45.0 Å². The van der Waals surface area contributed by atoms with E-state index in [-0.39, 0.29) is 0 Å². The molecule has 1 N–H and O–H groups in total. The minimum Gasteiger partial charge on any atom is -0.355 e. The predicted octanol–water partition coefficient (Wildman–Crippen LogP) is 2.31. The number of hydrogen-bond donors (Lipinski definition) is 1. The summed E-state index contributed by atoms with van der Waals surface area (Å²) >= 11 is 0. The maximum Gasteiger partial charge on any atom is 0.129 e. The number of nitrogens with zero attached hydrogens (tertiary/aromatic N) is 5. The molecule has 2 fully saturated rings. The summed E-state index contributed by atoms with van der Waals surface area (Å²) in [4.78, 5) is 17.2. The molecule has 0 aliphatic carbocycles. The lowest BCUT2D eigenvalue weighted by Gasteiger charge is -2.40. The van der Waals surface area contributed by atoms with Gasteiger partial charge in [-0.05, 0) is 57.0 Å². The molecule has 6 heteroatoms. The highest BCUT2D eigenvalue weighted by molar-refractivity contribution is 5.97. The predicted molar refractivity (Wildman–Crippen MR) is 117 cm³/mol. The van der Waals surface area contributed by atoms with Crippen LogP contribution >= 0.6 is 0 Å². The third-order valence-corrected chi connectivity index (χ3v) is 6.81. The van der Waals surface area contributed by atoms with Crippen molar-refractivity contribution in [1.29, 1.82) is 0 Å². The van der Waals surface area contributed by atoms with Gasteiger partial charge in [0.25, 0.3) is 0 Å². The van der Waals surface area contributed by atoms with Crippen LogP contribution in [0.4, 0.5) is 0 Å². The fourth-order valence-electron chi connectivity index (χ4n) is 5.09. The number of pyridine rings is 1. The van der Waals surface area contributed by atoms with Gasteiger partial charge < -0.3 is 20.0 Å². The van der Waals surface area contributed by atoms with Crippen molar-refractivity contribution in [2.45, 2.75) is 44.3 Å². The minimum absolute atomic E-state index is 0.301. The van der Waals surface area contributed by atoms with E-state index in [0.717, 1.165) is 45.0 Å². The van der Waals surface area contributed by atoms with Crippen molar-refractivity contribution in [2.75, 3.05) is 39.8 Å². The van der Waals surface area contributed by atoms with Crippen LogP contribution in [0.2, 0.25) is 0 Å². The highest BCUT2D eigenvalue weighted by Crippen LogP contribution is 2.31. The number of nitrogens with one attached hydrogen (secondary N) is 1. The van der Waals surface area contributed by atoms with Crippen molar-refractivity contribution in [1.82, 2.24) is 25.0 Å². The molecule has 4 aliphatic heterocycles. The van der Waals surface area contributed by atoms with E-state index in [2.05, 4.69) is 63.3 Å². The molecule has 1 aromatic heterocycles. The molecule has 154 valence electrons. The Morgan fingerprint density at radius 3 is 2.83 bits per heavy atom. The fraction of sp³-hybridized carbons (Fsp3) is 0.565. The number of rotatable bonds is 3. The standard InChI is InChI=1S/C23H32N6/c1-17-6-5-11-24-23(17)19-8-3-7-18(25-19)20-16-29-21(26-20)9-4-10-22(29)28-14-12-27(2)13-15-28/h4-6,9-11,18-20,25H,3,7-8,12-16H2,1-2H3/t18-,19+,20?/m1/s1. The van der Waals surface area contributed by atoms with Crippen LogP contribution < -0.4 is 5.32 Å². The number of fused-ring (bicyclic) bond motifs is 1. The van der Waals surface area contributed by atoms with Gasteiger partial charge in [0.2, 0.25) is 0 Å². The van der Waals surface area contributed by atoms with Crippen LogP contribution in [0.5, 0.6) is 0 Å². The van der Waals surface area contributed by atoms with Crippen LogP contribution in [0.3, 0.4) is 0 Å². The summed E-state index contributed by atoms with van der Waals surface area (Å²) in [6.07, 6.45) is 12.1. The molecule has 0 spiro atoms. The molecule has 0 amide bonds. The van der Waals surface area contributed by atoms with Crippen LogP contribution in [-0.4, -0.2) is 77.4 Å². The first-order chi connectivity index (χ1) is 14.2. The van der Waals surface area contributed by atoms with Gasteiger partial charge in [0.1, 0.15) is 11.7 Å². The Morgan fingerprint density at radius 1 is 1.14 bits per heavy atom. The summed E-state index contributed by atoms with van der Waals surface area (Å²) in [5, 5.41) is 3.90. The number of amidine groups is 1. The van der Waals surface area contributed by atoms with Crippen LogP contribution in [0, 0.1) is 6.92 Å². The van der Waals surface area contributed by atoms with E-state index in [1.807, 2.05) is 12.3 Å². The largest absolute Gasteiger partial charge is 0.355 e. The van der Waals surface area contributed by atoms with E-state index in [4.69, 9.17) is 4.99 Å². The Morgan fingerprint density at radius 2 is 2.00 bits per heavy atom. The third-order valence-electron chi connectivity index (χ3n) is 6.81. The second-order valence-corrected chi connectivity index (χ2v) is 8.80. The Hall–Kier alpha value is -2.18. The van der Waals surface area contributed by atoms with Crippen molar-refractivity contribution in [3.63, 3.8) is 0 Å². The number of aromatic nitrogens is 1. The lowest BCUT2D eigenvalue weighted by molar-refractivity contribution is 0.158. The van der Waals surface area contributed by atoms with Crippen molar-refractivity contribution < 1.29 is 0 Å². The summed E-state index contributed by atoms with van der Waals surface area (Å²) in [5.41, 5.74) is 2.49. The Labute approximate surface area is 174 Å². The monoisotopic (exact) mass is 392 g/mol. The van der Waals surface area contributed by atoms with Crippen molar-refractivity contribution >= 4 is 5.84 Å². The lowest BCUT2D eigenvalue weighted by Crippen LogP contribution is -2.50. The quantitative estimate of drug-likeness (QED) is 0.855. The van der Waals surface area contributed by atoms with E-state index in [9.17, 15) is 0 Å². The average Bonchev–Trinajstić information content (AvgIpc) is 3.19. The first-order valence-electron chi connectivity index (χ1n) is 11.0. The zero-order chi connectivity index (χ0) is 19.8. The molecule has 5 rings (SSSR count).